The Balaban J connectivity index is 1.49. The molecule has 4 nitrogen and oxygen atoms in total. The average Bonchev–Trinajstić information content (AvgIpc) is 3.11. The van der Waals surface area contributed by atoms with Crippen molar-refractivity contribution in [2.45, 2.75) is 96.4 Å². The number of carbonyl (C=O) groups excluding carboxylic acids is 1. The summed E-state index contributed by atoms with van der Waals surface area (Å²) in [5.41, 5.74) is -0.406. The first-order valence-corrected chi connectivity index (χ1v) is 9.57. The zero-order valence-electron chi connectivity index (χ0n) is 15.3. The number of nitrogens with one attached hydrogen (secondary N) is 1. The van der Waals surface area contributed by atoms with Crippen LogP contribution in [0.4, 0.5) is 4.79 Å². The molecule has 0 aromatic heterocycles. The van der Waals surface area contributed by atoms with Crippen molar-refractivity contribution in [2.24, 2.45) is 11.8 Å². The molecule has 5 unspecified atom stereocenters. The van der Waals surface area contributed by atoms with Crippen molar-refractivity contribution in [1.29, 1.82) is 0 Å². The fourth-order valence-corrected chi connectivity index (χ4v) is 4.93. The smallest absolute Gasteiger partial charge is 0.410 e. The van der Waals surface area contributed by atoms with E-state index >= 15 is 0 Å². The summed E-state index contributed by atoms with van der Waals surface area (Å²) in [6.45, 7) is 8.96. The Hall–Kier alpha value is -0.770. The average molecular weight is 322 g/mol. The summed E-state index contributed by atoms with van der Waals surface area (Å²) in [5.74, 6) is 1.89. The van der Waals surface area contributed by atoms with E-state index in [2.05, 4.69) is 12.2 Å². The van der Waals surface area contributed by atoms with Gasteiger partial charge in [0, 0.05) is 24.7 Å². The molecule has 3 rings (SSSR count). The third-order valence-corrected chi connectivity index (χ3v) is 5.87. The first-order chi connectivity index (χ1) is 10.8. The lowest BCUT2D eigenvalue weighted by atomic mass is 9.94. The molecule has 2 saturated carbocycles. The molecule has 2 bridgehead atoms. The van der Waals surface area contributed by atoms with E-state index < -0.39 is 5.60 Å². The van der Waals surface area contributed by atoms with Gasteiger partial charge in [0.15, 0.2) is 0 Å². The zero-order chi connectivity index (χ0) is 16.6. The van der Waals surface area contributed by atoms with Gasteiger partial charge in [-0.1, -0.05) is 6.42 Å². The van der Waals surface area contributed by atoms with Gasteiger partial charge in [0.1, 0.15) is 5.60 Å². The summed E-state index contributed by atoms with van der Waals surface area (Å²) in [4.78, 5) is 14.3. The lowest BCUT2D eigenvalue weighted by Gasteiger charge is -2.32. The summed E-state index contributed by atoms with van der Waals surface area (Å²) in [6.07, 6.45) is 8.81. The van der Waals surface area contributed by atoms with Gasteiger partial charge in [0.25, 0.3) is 0 Å². The minimum atomic E-state index is -0.406. The Labute approximate surface area is 141 Å². The van der Waals surface area contributed by atoms with Crippen LogP contribution in [-0.4, -0.2) is 41.3 Å². The highest BCUT2D eigenvalue weighted by atomic mass is 16.6. The molecule has 1 amide bonds. The van der Waals surface area contributed by atoms with Gasteiger partial charge in [-0.2, -0.15) is 0 Å². The van der Waals surface area contributed by atoms with Crippen LogP contribution in [0, 0.1) is 11.8 Å². The summed E-state index contributed by atoms with van der Waals surface area (Å²) >= 11 is 0. The van der Waals surface area contributed by atoms with E-state index in [9.17, 15) is 4.79 Å². The van der Waals surface area contributed by atoms with Crippen LogP contribution in [0.15, 0.2) is 0 Å². The number of fused-ring (bicyclic) bond motifs is 2. The second-order valence-electron chi connectivity index (χ2n) is 9.05. The molecule has 4 heteroatoms. The lowest BCUT2D eigenvalue weighted by Crippen LogP contribution is -2.45. The molecule has 3 aliphatic rings. The fraction of sp³-hybridized carbons (Fsp3) is 0.947. The number of hydrogen-bond acceptors (Lipinski definition) is 3. The first kappa shape index (κ1) is 17.1. The van der Waals surface area contributed by atoms with E-state index in [1.165, 1.54) is 25.7 Å². The van der Waals surface area contributed by atoms with Gasteiger partial charge in [-0.15, -0.1) is 0 Å². The largest absolute Gasteiger partial charge is 0.444 e. The molecule has 0 spiro atoms. The highest BCUT2D eigenvalue weighted by Gasteiger charge is 2.40. The van der Waals surface area contributed by atoms with Crippen LogP contribution in [0.5, 0.6) is 0 Å². The Kier molecular flexibility index (Phi) is 4.91. The van der Waals surface area contributed by atoms with E-state index in [0.717, 1.165) is 43.7 Å². The van der Waals surface area contributed by atoms with Crippen molar-refractivity contribution in [2.75, 3.05) is 6.54 Å². The molecular weight excluding hydrogens is 288 g/mol. The van der Waals surface area contributed by atoms with E-state index in [-0.39, 0.29) is 6.09 Å². The van der Waals surface area contributed by atoms with Gasteiger partial charge in [-0.3, -0.25) is 0 Å². The van der Waals surface area contributed by atoms with E-state index in [0.29, 0.717) is 12.1 Å². The number of amides is 1. The standard InChI is InChI=1S/C19H34N2O2/c1-13(20-17-12-14-7-8-15(17)11-14)10-16-6-5-9-21(16)18(22)23-19(2,3)4/h13-17,20H,5-12H2,1-4H3. The van der Waals surface area contributed by atoms with Gasteiger partial charge in [-0.25, -0.2) is 4.79 Å². The van der Waals surface area contributed by atoms with Crippen LogP contribution in [-0.2, 0) is 4.74 Å². The molecular formula is C19H34N2O2. The number of ether oxygens (including phenoxy) is 1. The molecule has 3 fully saturated rings. The highest BCUT2D eigenvalue weighted by molar-refractivity contribution is 5.68. The molecule has 0 aromatic rings. The van der Waals surface area contributed by atoms with Crippen molar-refractivity contribution < 1.29 is 9.53 Å². The maximum atomic E-state index is 12.4. The van der Waals surface area contributed by atoms with Crippen LogP contribution >= 0.6 is 0 Å². The fourth-order valence-electron chi connectivity index (χ4n) is 4.93. The Morgan fingerprint density at radius 2 is 2.04 bits per heavy atom. The molecule has 1 saturated heterocycles. The molecule has 1 heterocycles. The Morgan fingerprint density at radius 3 is 2.65 bits per heavy atom. The lowest BCUT2D eigenvalue weighted by molar-refractivity contribution is 0.0213. The van der Waals surface area contributed by atoms with E-state index in [1.54, 1.807) is 0 Å². The zero-order valence-corrected chi connectivity index (χ0v) is 15.3. The molecule has 1 N–H and O–H groups in total. The molecule has 2 aliphatic carbocycles. The van der Waals surface area contributed by atoms with Crippen molar-refractivity contribution in [3.05, 3.63) is 0 Å². The summed E-state index contributed by atoms with van der Waals surface area (Å²) in [5, 5.41) is 3.87. The van der Waals surface area contributed by atoms with Crippen LogP contribution < -0.4 is 5.32 Å². The second-order valence-corrected chi connectivity index (χ2v) is 9.05. The topological polar surface area (TPSA) is 41.6 Å². The molecule has 0 radical (unpaired) electrons. The van der Waals surface area contributed by atoms with Gasteiger partial charge < -0.3 is 15.0 Å². The number of likely N-dealkylation sites (tertiary alicyclic amines) is 1. The van der Waals surface area contributed by atoms with Crippen molar-refractivity contribution in [3.63, 3.8) is 0 Å². The third-order valence-electron chi connectivity index (χ3n) is 5.87. The van der Waals surface area contributed by atoms with Crippen molar-refractivity contribution >= 4 is 6.09 Å². The Bertz CT molecular complexity index is 432. The van der Waals surface area contributed by atoms with E-state index in [1.807, 2.05) is 25.7 Å². The molecule has 5 atom stereocenters. The van der Waals surface area contributed by atoms with Crippen LogP contribution in [0.3, 0.4) is 0 Å². The van der Waals surface area contributed by atoms with Gasteiger partial charge >= 0.3 is 6.09 Å². The van der Waals surface area contributed by atoms with Crippen molar-refractivity contribution in [1.82, 2.24) is 10.2 Å². The van der Waals surface area contributed by atoms with Gasteiger partial charge in [0.2, 0.25) is 0 Å². The summed E-state index contributed by atoms with van der Waals surface area (Å²) in [7, 11) is 0. The first-order valence-electron chi connectivity index (χ1n) is 9.57. The maximum absolute atomic E-state index is 12.4. The van der Waals surface area contributed by atoms with Gasteiger partial charge in [0.05, 0.1) is 0 Å². The molecule has 0 aromatic carbocycles. The van der Waals surface area contributed by atoms with E-state index in [4.69, 9.17) is 4.74 Å². The number of carbonyl (C=O) groups is 1. The maximum Gasteiger partial charge on any atom is 0.410 e. The minimum absolute atomic E-state index is 0.132. The van der Waals surface area contributed by atoms with Crippen molar-refractivity contribution in [3.8, 4) is 0 Å². The predicted molar refractivity (Wildman–Crippen MR) is 92.4 cm³/mol. The quantitative estimate of drug-likeness (QED) is 0.852. The monoisotopic (exact) mass is 322 g/mol. The molecule has 132 valence electrons. The third kappa shape index (κ3) is 4.20. The normalized spacial score (nSPS) is 34.9. The Morgan fingerprint density at radius 1 is 1.26 bits per heavy atom. The van der Waals surface area contributed by atoms with Crippen LogP contribution in [0.1, 0.15) is 72.6 Å². The second kappa shape index (κ2) is 6.62. The van der Waals surface area contributed by atoms with Gasteiger partial charge in [-0.05, 0) is 78.1 Å². The predicted octanol–water partition coefficient (Wildman–Crippen LogP) is 3.94. The highest BCUT2D eigenvalue weighted by Crippen LogP contribution is 2.44. The number of nitrogens with zero attached hydrogens (tertiary/aromatic N) is 1. The minimum Gasteiger partial charge on any atom is -0.444 e. The van der Waals surface area contributed by atoms with Crippen LogP contribution in [0.2, 0.25) is 0 Å². The van der Waals surface area contributed by atoms with Crippen LogP contribution in [0.25, 0.3) is 0 Å². The molecule has 23 heavy (non-hydrogen) atoms. The number of rotatable bonds is 4. The molecule has 1 aliphatic heterocycles. The summed E-state index contributed by atoms with van der Waals surface area (Å²) in [6, 6.07) is 1.54. The summed E-state index contributed by atoms with van der Waals surface area (Å²) < 4.78 is 5.57. The SMILES string of the molecule is CC(CC1CCCN1C(=O)OC(C)(C)C)NC1CC2CCC1C2. The number of hydrogen-bond donors (Lipinski definition) is 1.